The number of methoxy groups -OCH3 is 1. The molecule has 11 heteroatoms. The summed E-state index contributed by atoms with van der Waals surface area (Å²) in [6, 6.07) is 18.2. The van der Waals surface area contributed by atoms with Crippen LogP contribution in [-0.2, 0) is 11.4 Å². The molecule has 2 heterocycles. The van der Waals surface area contributed by atoms with Gasteiger partial charge in [-0.15, -0.1) is 0 Å². The Kier molecular flexibility index (Phi) is 7.39. The van der Waals surface area contributed by atoms with Crippen LogP contribution in [0.4, 0.5) is 16.0 Å². The molecule has 10 nitrogen and oxygen atoms in total. The number of hydrogen-bond donors (Lipinski definition) is 2. The molecular weight excluding hydrogens is 503 g/mol. The van der Waals surface area contributed by atoms with Crippen LogP contribution in [0.15, 0.2) is 78.0 Å². The van der Waals surface area contributed by atoms with Gasteiger partial charge in [0.1, 0.15) is 24.2 Å². The molecule has 200 valence electrons. The monoisotopic (exact) mass is 530 g/mol. The van der Waals surface area contributed by atoms with Crippen molar-refractivity contribution in [3.8, 4) is 17.2 Å². The van der Waals surface area contributed by atoms with E-state index in [2.05, 4.69) is 26.2 Å². The Morgan fingerprint density at radius 2 is 1.85 bits per heavy atom. The maximum atomic E-state index is 14.1. The average Bonchev–Trinajstić information content (AvgIpc) is 3.41. The molecule has 1 aromatic heterocycles. The normalized spacial score (nSPS) is 14.3. The van der Waals surface area contributed by atoms with Crippen LogP contribution in [0.25, 0.3) is 0 Å². The number of anilines is 2. The Balaban J connectivity index is 1.50. The number of nitrogens with zero attached hydrogens (tertiary/aromatic N) is 4. The van der Waals surface area contributed by atoms with E-state index < -0.39 is 6.04 Å². The second-order valence-corrected chi connectivity index (χ2v) is 8.69. The minimum Gasteiger partial charge on any atom is -0.495 e. The molecule has 0 radical (unpaired) electrons. The molecule has 1 aliphatic rings. The lowest BCUT2D eigenvalue weighted by Crippen LogP contribution is -2.31. The van der Waals surface area contributed by atoms with Crippen LogP contribution >= 0.6 is 0 Å². The topological polar surface area (TPSA) is 112 Å². The number of halogens is 1. The van der Waals surface area contributed by atoms with Gasteiger partial charge >= 0.3 is 0 Å². The molecule has 2 N–H and O–H groups in total. The SMILES string of the molecule is CCOc1cc(C2C(C(=O)Nc3ccccc3OC)=C(C)Nc3nnnn32)ccc1OCc1ccccc1F. The van der Waals surface area contributed by atoms with Crippen molar-refractivity contribution in [2.24, 2.45) is 0 Å². The minimum absolute atomic E-state index is 0.0299. The van der Waals surface area contributed by atoms with Gasteiger partial charge in [0.15, 0.2) is 11.5 Å². The van der Waals surface area contributed by atoms with Crippen LogP contribution in [0.1, 0.15) is 31.0 Å². The van der Waals surface area contributed by atoms with E-state index in [9.17, 15) is 9.18 Å². The molecule has 0 saturated heterocycles. The number of allylic oxidation sites excluding steroid dienone is 1. The van der Waals surface area contributed by atoms with Crippen LogP contribution in [0, 0.1) is 5.82 Å². The zero-order valence-corrected chi connectivity index (χ0v) is 21.6. The van der Waals surface area contributed by atoms with Gasteiger partial charge in [-0.25, -0.2) is 4.39 Å². The van der Waals surface area contributed by atoms with Crippen molar-refractivity contribution in [3.63, 3.8) is 0 Å². The number of benzene rings is 3. The third-order valence-electron chi connectivity index (χ3n) is 6.24. The quantitative estimate of drug-likeness (QED) is 0.320. The average molecular weight is 531 g/mol. The van der Waals surface area contributed by atoms with E-state index in [0.29, 0.717) is 57.9 Å². The van der Waals surface area contributed by atoms with E-state index in [4.69, 9.17) is 14.2 Å². The standard InChI is InChI=1S/C28H27FN6O4/c1-4-38-24-15-18(13-14-23(24)39-16-19-9-5-6-10-20(19)29)26-25(17(2)30-28-32-33-34-35(26)28)27(36)31-21-11-7-8-12-22(21)37-3/h5-15,26H,4,16H2,1-3H3,(H,31,36)(H,30,32,34). The number of hydrogen-bond acceptors (Lipinski definition) is 8. The molecule has 39 heavy (non-hydrogen) atoms. The van der Waals surface area contributed by atoms with E-state index in [1.54, 1.807) is 56.5 Å². The summed E-state index contributed by atoms with van der Waals surface area (Å²) in [4.78, 5) is 13.7. The van der Waals surface area contributed by atoms with E-state index in [0.717, 1.165) is 0 Å². The third-order valence-corrected chi connectivity index (χ3v) is 6.24. The molecule has 4 aromatic rings. The fourth-order valence-corrected chi connectivity index (χ4v) is 4.41. The lowest BCUT2D eigenvalue weighted by molar-refractivity contribution is -0.113. The summed E-state index contributed by atoms with van der Waals surface area (Å²) in [5.74, 6) is 1.11. The molecular formula is C28H27FN6O4. The number of tetrazole rings is 1. The lowest BCUT2D eigenvalue weighted by Gasteiger charge is -2.28. The number of ether oxygens (including phenoxy) is 3. The lowest BCUT2D eigenvalue weighted by atomic mass is 9.94. The van der Waals surface area contributed by atoms with Crippen molar-refractivity contribution in [1.29, 1.82) is 0 Å². The number of amides is 1. The predicted octanol–water partition coefficient (Wildman–Crippen LogP) is 4.73. The van der Waals surface area contributed by atoms with Crippen molar-refractivity contribution in [3.05, 3.63) is 94.9 Å². The van der Waals surface area contributed by atoms with Crippen LogP contribution in [0.3, 0.4) is 0 Å². The zero-order chi connectivity index (χ0) is 27.4. The highest BCUT2D eigenvalue weighted by Crippen LogP contribution is 2.39. The van der Waals surface area contributed by atoms with E-state index in [1.165, 1.54) is 10.7 Å². The Hall–Kier alpha value is -4.93. The molecule has 0 fully saturated rings. The summed E-state index contributed by atoms with van der Waals surface area (Å²) in [6.45, 7) is 4.05. The first kappa shape index (κ1) is 25.7. The number of nitrogens with one attached hydrogen (secondary N) is 2. The number of fused-ring (bicyclic) bond motifs is 1. The summed E-state index contributed by atoms with van der Waals surface area (Å²) in [5, 5.41) is 18.0. The fourth-order valence-electron chi connectivity index (χ4n) is 4.41. The van der Waals surface area contributed by atoms with Crippen molar-refractivity contribution in [2.45, 2.75) is 26.5 Å². The van der Waals surface area contributed by atoms with E-state index in [-0.39, 0.29) is 18.3 Å². The summed E-state index contributed by atoms with van der Waals surface area (Å²) < 4.78 is 32.9. The second-order valence-electron chi connectivity index (χ2n) is 8.69. The fraction of sp³-hybridized carbons (Fsp3) is 0.214. The Bertz CT molecular complexity index is 1540. The summed E-state index contributed by atoms with van der Waals surface area (Å²) in [5.41, 5.74) is 2.64. The number of aromatic nitrogens is 4. The largest absolute Gasteiger partial charge is 0.495 e. The van der Waals surface area contributed by atoms with Crippen LogP contribution < -0.4 is 24.8 Å². The first-order chi connectivity index (χ1) is 19.0. The molecule has 3 aromatic carbocycles. The molecule has 0 bridgehead atoms. The molecule has 1 atom stereocenters. The zero-order valence-electron chi connectivity index (χ0n) is 21.6. The van der Waals surface area contributed by atoms with Crippen molar-refractivity contribution < 1.29 is 23.4 Å². The van der Waals surface area contributed by atoms with Crippen molar-refractivity contribution in [2.75, 3.05) is 24.4 Å². The number of para-hydroxylation sites is 2. The smallest absolute Gasteiger partial charge is 0.255 e. The summed E-state index contributed by atoms with van der Waals surface area (Å²) in [7, 11) is 1.54. The highest BCUT2D eigenvalue weighted by atomic mass is 19.1. The van der Waals surface area contributed by atoms with Crippen LogP contribution in [0.5, 0.6) is 17.2 Å². The minimum atomic E-state index is -0.675. The molecule has 1 aliphatic heterocycles. The van der Waals surface area contributed by atoms with Gasteiger partial charge in [0.05, 0.1) is 25.0 Å². The first-order valence-corrected chi connectivity index (χ1v) is 12.3. The molecule has 0 spiro atoms. The predicted molar refractivity (Wildman–Crippen MR) is 142 cm³/mol. The van der Waals surface area contributed by atoms with Gasteiger partial charge in [0.25, 0.3) is 5.91 Å². The molecule has 5 rings (SSSR count). The first-order valence-electron chi connectivity index (χ1n) is 12.3. The summed E-state index contributed by atoms with van der Waals surface area (Å²) >= 11 is 0. The van der Waals surface area contributed by atoms with Gasteiger partial charge < -0.3 is 24.8 Å². The van der Waals surface area contributed by atoms with E-state index >= 15 is 0 Å². The molecule has 0 aliphatic carbocycles. The third kappa shape index (κ3) is 5.24. The van der Waals surface area contributed by atoms with Crippen LogP contribution in [-0.4, -0.2) is 39.8 Å². The Morgan fingerprint density at radius 1 is 1.05 bits per heavy atom. The van der Waals surface area contributed by atoms with Gasteiger partial charge in [-0.05, 0) is 60.2 Å². The molecule has 1 amide bonds. The Morgan fingerprint density at radius 3 is 2.64 bits per heavy atom. The highest BCUT2D eigenvalue weighted by molar-refractivity contribution is 6.06. The van der Waals surface area contributed by atoms with Gasteiger partial charge in [0.2, 0.25) is 5.95 Å². The highest BCUT2D eigenvalue weighted by Gasteiger charge is 2.35. The number of carbonyl (C=O) groups is 1. The maximum absolute atomic E-state index is 14.1. The van der Waals surface area contributed by atoms with Gasteiger partial charge in [0, 0.05) is 11.3 Å². The van der Waals surface area contributed by atoms with E-state index in [1.807, 2.05) is 25.1 Å². The maximum Gasteiger partial charge on any atom is 0.255 e. The van der Waals surface area contributed by atoms with Gasteiger partial charge in [-0.3, -0.25) is 4.79 Å². The van der Waals surface area contributed by atoms with Crippen molar-refractivity contribution >= 4 is 17.5 Å². The molecule has 0 saturated carbocycles. The van der Waals surface area contributed by atoms with Gasteiger partial charge in [-0.1, -0.05) is 41.5 Å². The van der Waals surface area contributed by atoms with Crippen LogP contribution in [0.2, 0.25) is 0 Å². The number of carbonyl (C=O) groups excluding carboxylic acids is 1. The second kappa shape index (κ2) is 11.2. The Labute approximate surface area is 224 Å². The number of rotatable bonds is 9. The van der Waals surface area contributed by atoms with Crippen molar-refractivity contribution in [1.82, 2.24) is 20.2 Å². The summed E-state index contributed by atoms with van der Waals surface area (Å²) in [6.07, 6.45) is 0. The van der Waals surface area contributed by atoms with Gasteiger partial charge in [-0.2, -0.15) is 4.68 Å². The molecule has 1 unspecified atom stereocenters.